The molecule has 1 saturated heterocycles. The van der Waals surface area contributed by atoms with Crippen LogP contribution in [0.2, 0.25) is 5.02 Å². The number of aliphatic carboxylic acids is 1. The molecule has 31 heavy (non-hydrogen) atoms. The van der Waals surface area contributed by atoms with Crippen LogP contribution in [0.5, 0.6) is 5.75 Å². The summed E-state index contributed by atoms with van der Waals surface area (Å²) in [5.41, 5.74) is 1.03. The Bertz CT molecular complexity index is 1090. The van der Waals surface area contributed by atoms with E-state index in [2.05, 4.69) is 21.2 Å². The molecule has 1 heterocycles. The van der Waals surface area contributed by atoms with Crippen LogP contribution in [0.15, 0.2) is 46.6 Å². The van der Waals surface area contributed by atoms with Crippen LogP contribution in [0.3, 0.4) is 0 Å². The summed E-state index contributed by atoms with van der Waals surface area (Å²) >= 11 is 9.62. The van der Waals surface area contributed by atoms with Gasteiger partial charge in [0.25, 0.3) is 11.6 Å². The van der Waals surface area contributed by atoms with Crippen LogP contribution in [0.25, 0.3) is 6.08 Å². The maximum Gasteiger partial charge on any atom is 0.329 e. The van der Waals surface area contributed by atoms with Gasteiger partial charge in [-0.25, -0.2) is 9.69 Å². The molecular formula is C19H13BrClN3O7. The molecule has 1 aliphatic rings. The predicted molar refractivity (Wildman–Crippen MR) is 112 cm³/mol. The lowest BCUT2D eigenvalue weighted by molar-refractivity contribution is -0.384. The van der Waals surface area contributed by atoms with Gasteiger partial charge in [0.2, 0.25) is 0 Å². The minimum atomic E-state index is -1.31. The van der Waals surface area contributed by atoms with Gasteiger partial charge in [-0.3, -0.25) is 19.7 Å². The third-order valence-electron chi connectivity index (χ3n) is 4.12. The maximum atomic E-state index is 12.2. The number of ether oxygens (including phenoxy) is 1. The summed E-state index contributed by atoms with van der Waals surface area (Å²) in [4.78, 5) is 45.6. The van der Waals surface area contributed by atoms with Gasteiger partial charge in [-0.1, -0.05) is 11.6 Å². The molecule has 160 valence electrons. The molecule has 1 aliphatic heterocycles. The molecule has 10 nitrogen and oxygen atoms in total. The molecule has 0 aromatic heterocycles. The number of carboxylic acid groups (broad SMARTS) is 1. The number of nitro benzene ring substituents is 1. The van der Waals surface area contributed by atoms with E-state index in [1.807, 2.05) is 0 Å². The van der Waals surface area contributed by atoms with Gasteiger partial charge in [0, 0.05) is 12.1 Å². The van der Waals surface area contributed by atoms with E-state index in [1.54, 1.807) is 18.2 Å². The first-order valence-corrected chi connectivity index (χ1v) is 9.74. The number of carboxylic acids is 1. The van der Waals surface area contributed by atoms with E-state index in [9.17, 15) is 24.5 Å². The summed E-state index contributed by atoms with van der Waals surface area (Å²) in [6.07, 6.45) is 1.36. The van der Waals surface area contributed by atoms with E-state index in [0.29, 0.717) is 26.2 Å². The number of benzene rings is 2. The fourth-order valence-electron chi connectivity index (χ4n) is 2.69. The van der Waals surface area contributed by atoms with Crippen LogP contribution < -0.4 is 10.1 Å². The van der Waals surface area contributed by atoms with E-state index in [-0.39, 0.29) is 23.0 Å². The average Bonchev–Trinajstić information content (AvgIpc) is 2.94. The lowest BCUT2D eigenvalue weighted by atomic mass is 10.1. The normalized spacial score (nSPS) is 14.6. The second-order valence-electron chi connectivity index (χ2n) is 6.30. The monoisotopic (exact) mass is 509 g/mol. The highest BCUT2D eigenvalue weighted by Gasteiger charge is 2.34. The molecule has 3 rings (SSSR count). The van der Waals surface area contributed by atoms with Crippen molar-refractivity contribution in [2.75, 3.05) is 6.54 Å². The van der Waals surface area contributed by atoms with E-state index in [4.69, 9.17) is 21.4 Å². The number of halogens is 2. The summed E-state index contributed by atoms with van der Waals surface area (Å²) < 4.78 is 6.16. The van der Waals surface area contributed by atoms with Crippen molar-refractivity contribution in [1.82, 2.24) is 10.2 Å². The molecular weight excluding hydrogens is 498 g/mol. The number of rotatable bonds is 7. The minimum absolute atomic E-state index is 0.0316. The first kappa shape index (κ1) is 22.2. The number of imide groups is 1. The number of non-ortho nitro benzene ring substituents is 1. The van der Waals surface area contributed by atoms with Crippen LogP contribution in [-0.2, 0) is 16.2 Å². The number of carbonyl (C=O) groups excluding carboxylic acids is 2. The number of hydrogen-bond donors (Lipinski definition) is 2. The average molecular weight is 511 g/mol. The third kappa shape index (κ3) is 5.19. The molecule has 0 atom stereocenters. The molecule has 0 unspecified atom stereocenters. The Labute approximate surface area is 188 Å². The molecule has 0 aliphatic carbocycles. The first-order chi connectivity index (χ1) is 14.7. The quantitative estimate of drug-likeness (QED) is 0.251. The van der Waals surface area contributed by atoms with Crippen molar-refractivity contribution in [3.05, 3.63) is 72.8 Å². The minimum Gasteiger partial charge on any atom is -0.486 e. The van der Waals surface area contributed by atoms with Gasteiger partial charge >= 0.3 is 12.0 Å². The Morgan fingerprint density at radius 3 is 2.55 bits per heavy atom. The van der Waals surface area contributed by atoms with E-state index in [1.165, 1.54) is 24.3 Å². The Morgan fingerprint density at radius 1 is 1.29 bits per heavy atom. The number of carbonyl (C=O) groups is 3. The second-order valence-corrected chi connectivity index (χ2v) is 7.56. The molecule has 1 fully saturated rings. The maximum absolute atomic E-state index is 12.2. The van der Waals surface area contributed by atoms with Gasteiger partial charge in [-0.2, -0.15) is 0 Å². The van der Waals surface area contributed by atoms with Crippen molar-refractivity contribution in [3.63, 3.8) is 0 Å². The van der Waals surface area contributed by atoms with E-state index in [0.717, 1.165) is 0 Å². The van der Waals surface area contributed by atoms with Crippen LogP contribution >= 0.6 is 27.5 Å². The van der Waals surface area contributed by atoms with Crippen LogP contribution in [0, 0.1) is 10.1 Å². The molecule has 2 N–H and O–H groups in total. The van der Waals surface area contributed by atoms with Crippen LogP contribution in [-0.4, -0.2) is 39.4 Å². The highest BCUT2D eigenvalue weighted by atomic mass is 79.9. The predicted octanol–water partition coefficient (Wildman–Crippen LogP) is 3.57. The third-order valence-corrected chi connectivity index (χ3v) is 4.99. The Kier molecular flexibility index (Phi) is 6.56. The number of amides is 3. The van der Waals surface area contributed by atoms with Gasteiger partial charge < -0.3 is 15.2 Å². The molecule has 0 saturated carbocycles. The van der Waals surface area contributed by atoms with Gasteiger partial charge in [0.05, 0.1) is 14.4 Å². The topological polar surface area (TPSA) is 139 Å². The first-order valence-electron chi connectivity index (χ1n) is 8.57. The van der Waals surface area contributed by atoms with Crippen molar-refractivity contribution >= 4 is 57.2 Å². The lowest BCUT2D eigenvalue weighted by Gasteiger charge is -2.11. The summed E-state index contributed by atoms with van der Waals surface area (Å²) in [5.74, 6) is -1.76. The summed E-state index contributed by atoms with van der Waals surface area (Å²) in [5, 5.41) is 22.0. The van der Waals surface area contributed by atoms with Crippen molar-refractivity contribution in [2.24, 2.45) is 0 Å². The fourth-order valence-corrected chi connectivity index (χ4v) is 3.68. The number of hydrogen-bond acceptors (Lipinski definition) is 6. The number of urea groups is 1. The smallest absolute Gasteiger partial charge is 0.329 e. The standard InChI is InChI=1S/C19H13BrClN3O7/c20-13-5-11(7-15-18(27)23(8-16(25)26)19(28)22-15)6-14(21)17(13)31-9-10-1-3-12(4-2-10)24(29)30/h1-7H,8-9H2,(H,22,28)(H,25,26)/b15-7+. The van der Waals surface area contributed by atoms with Crippen molar-refractivity contribution < 1.29 is 29.2 Å². The molecule has 2 aromatic carbocycles. The molecule has 0 spiro atoms. The number of nitrogens with one attached hydrogen (secondary N) is 1. The fraction of sp³-hybridized carbons (Fsp3) is 0.105. The molecule has 3 amide bonds. The number of nitro groups is 1. The highest BCUT2D eigenvalue weighted by Crippen LogP contribution is 2.36. The zero-order chi connectivity index (χ0) is 22.7. The summed E-state index contributed by atoms with van der Waals surface area (Å²) in [7, 11) is 0. The molecule has 0 bridgehead atoms. The zero-order valence-corrected chi connectivity index (χ0v) is 17.8. The lowest BCUT2D eigenvalue weighted by Crippen LogP contribution is -2.35. The highest BCUT2D eigenvalue weighted by molar-refractivity contribution is 9.10. The largest absolute Gasteiger partial charge is 0.486 e. The van der Waals surface area contributed by atoms with Gasteiger partial charge in [-0.05, 0) is 57.4 Å². The van der Waals surface area contributed by atoms with Gasteiger partial charge in [0.15, 0.2) is 5.75 Å². The molecule has 2 aromatic rings. The Balaban J connectivity index is 1.75. The zero-order valence-electron chi connectivity index (χ0n) is 15.5. The Morgan fingerprint density at radius 2 is 1.97 bits per heavy atom. The summed E-state index contributed by atoms with van der Waals surface area (Å²) in [6, 6.07) is 8.14. The van der Waals surface area contributed by atoms with E-state index < -0.39 is 29.4 Å². The number of nitrogens with zero attached hydrogens (tertiary/aromatic N) is 2. The van der Waals surface area contributed by atoms with E-state index >= 15 is 0 Å². The molecule has 12 heteroatoms. The SMILES string of the molecule is O=C(O)CN1C(=O)N/C(=C/c2cc(Cl)c(OCc3ccc([N+](=O)[O-])cc3)c(Br)c2)C1=O. The van der Waals surface area contributed by atoms with Crippen LogP contribution in [0.4, 0.5) is 10.5 Å². The van der Waals surface area contributed by atoms with Crippen molar-refractivity contribution in [1.29, 1.82) is 0 Å². The summed E-state index contributed by atoms with van der Waals surface area (Å²) in [6.45, 7) is -0.642. The van der Waals surface area contributed by atoms with Gasteiger partial charge in [-0.15, -0.1) is 0 Å². The van der Waals surface area contributed by atoms with Crippen molar-refractivity contribution in [2.45, 2.75) is 6.61 Å². The van der Waals surface area contributed by atoms with Gasteiger partial charge in [0.1, 0.15) is 18.8 Å². The molecule has 0 radical (unpaired) electrons. The van der Waals surface area contributed by atoms with Crippen molar-refractivity contribution in [3.8, 4) is 5.75 Å². The second kappa shape index (κ2) is 9.14. The van der Waals surface area contributed by atoms with Crippen LogP contribution in [0.1, 0.15) is 11.1 Å². The Hall–Kier alpha value is -3.44.